The molecule has 58 valence electrons. The van der Waals surface area contributed by atoms with Gasteiger partial charge in [-0.25, -0.2) is 0 Å². The molecule has 0 N–H and O–H groups in total. The molecule has 0 aromatic carbocycles. The second kappa shape index (κ2) is 3.12. The zero-order valence-electron chi connectivity index (χ0n) is 6.63. The van der Waals surface area contributed by atoms with Crippen molar-refractivity contribution >= 4 is 5.78 Å². The van der Waals surface area contributed by atoms with Gasteiger partial charge in [0.05, 0.1) is 13.1 Å². The van der Waals surface area contributed by atoms with Crippen molar-refractivity contribution in [3.05, 3.63) is 0 Å². The topological polar surface area (TPSA) is 23.6 Å². The Kier molecular flexibility index (Phi) is 2.40. The molecule has 0 saturated carbocycles. The second-order valence-electron chi connectivity index (χ2n) is 3.01. The number of likely N-dealkylation sites (N-methyl/N-ethyl adjacent to an activating group) is 2. The van der Waals surface area contributed by atoms with Gasteiger partial charge >= 0.3 is 0 Å². The monoisotopic (exact) mass is 142 g/mol. The number of rotatable bonds is 0. The summed E-state index contributed by atoms with van der Waals surface area (Å²) >= 11 is 0. The van der Waals surface area contributed by atoms with Gasteiger partial charge in [0.15, 0.2) is 5.78 Å². The molecule has 0 bridgehead atoms. The maximum absolute atomic E-state index is 11.0. The Bertz CT molecular complexity index is 122. The molecule has 0 aromatic rings. The lowest BCUT2D eigenvalue weighted by Gasteiger charge is -2.12. The lowest BCUT2D eigenvalue weighted by Crippen LogP contribution is -2.25. The average molecular weight is 142 g/mol. The number of Topliss-reactive ketones (excluding diaryl/α,β-unsaturated/α-hetero) is 1. The highest BCUT2D eigenvalue weighted by Gasteiger charge is 2.14. The fourth-order valence-corrected chi connectivity index (χ4v) is 1.15. The van der Waals surface area contributed by atoms with Crippen LogP contribution in [0.1, 0.15) is 0 Å². The largest absolute Gasteiger partial charge is 0.298 e. The minimum absolute atomic E-state index is 0.322. The fraction of sp³-hybridized carbons (Fsp3) is 0.857. The third kappa shape index (κ3) is 2.08. The minimum atomic E-state index is 0.322. The molecule has 0 unspecified atom stereocenters. The molecule has 1 aliphatic rings. The summed E-state index contributed by atoms with van der Waals surface area (Å²) in [7, 11) is 3.97. The van der Waals surface area contributed by atoms with E-state index in [0.717, 1.165) is 13.1 Å². The van der Waals surface area contributed by atoms with Crippen molar-refractivity contribution in [1.29, 1.82) is 0 Å². The first-order valence-corrected chi connectivity index (χ1v) is 3.57. The first-order chi connectivity index (χ1) is 4.68. The van der Waals surface area contributed by atoms with Crippen molar-refractivity contribution < 1.29 is 4.79 Å². The van der Waals surface area contributed by atoms with Gasteiger partial charge in [0.1, 0.15) is 0 Å². The van der Waals surface area contributed by atoms with E-state index >= 15 is 0 Å². The summed E-state index contributed by atoms with van der Waals surface area (Å²) in [6, 6.07) is 0. The quantitative estimate of drug-likeness (QED) is 0.452. The van der Waals surface area contributed by atoms with E-state index in [1.165, 1.54) is 0 Å². The molecule has 0 radical (unpaired) electrons. The predicted molar refractivity (Wildman–Crippen MR) is 40.0 cm³/mol. The van der Waals surface area contributed by atoms with Gasteiger partial charge in [-0.2, -0.15) is 0 Å². The Labute approximate surface area is 61.6 Å². The number of carbonyl (C=O) groups excluding carboxylic acids is 1. The van der Waals surface area contributed by atoms with Crippen LogP contribution in [0.2, 0.25) is 0 Å². The molecule has 0 amide bonds. The van der Waals surface area contributed by atoms with Crippen LogP contribution in [0.3, 0.4) is 0 Å². The van der Waals surface area contributed by atoms with Gasteiger partial charge in [-0.3, -0.25) is 14.6 Å². The number of ketones is 1. The standard InChI is InChI=1S/C7H14N2O/c1-8-3-4-9(2)6-7(10)5-8/h3-6H2,1-2H3. The zero-order chi connectivity index (χ0) is 7.56. The Hall–Kier alpha value is -0.410. The van der Waals surface area contributed by atoms with Crippen LogP contribution < -0.4 is 0 Å². The summed E-state index contributed by atoms with van der Waals surface area (Å²) in [6.45, 7) is 3.24. The molecule has 0 aromatic heterocycles. The van der Waals surface area contributed by atoms with Crippen molar-refractivity contribution in [2.75, 3.05) is 40.3 Å². The number of hydrogen-bond donors (Lipinski definition) is 0. The van der Waals surface area contributed by atoms with Crippen LogP contribution >= 0.6 is 0 Å². The Balaban J connectivity index is 2.46. The predicted octanol–water partition coefficient (Wildman–Crippen LogP) is -0.567. The number of carbonyl (C=O) groups is 1. The Morgan fingerprint density at radius 1 is 1.10 bits per heavy atom. The van der Waals surface area contributed by atoms with E-state index in [2.05, 4.69) is 9.80 Å². The summed E-state index contributed by atoms with van der Waals surface area (Å²) in [6.07, 6.45) is 0. The first-order valence-electron chi connectivity index (χ1n) is 3.57. The highest BCUT2D eigenvalue weighted by molar-refractivity contribution is 5.82. The summed E-state index contributed by atoms with van der Waals surface area (Å²) < 4.78 is 0. The fourth-order valence-electron chi connectivity index (χ4n) is 1.15. The third-order valence-electron chi connectivity index (χ3n) is 1.76. The maximum atomic E-state index is 11.0. The summed E-state index contributed by atoms with van der Waals surface area (Å²) in [5, 5.41) is 0. The lowest BCUT2D eigenvalue weighted by atomic mass is 10.4. The van der Waals surface area contributed by atoms with Gasteiger partial charge in [-0.05, 0) is 14.1 Å². The molecule has 0 atom stereocenters. The van der Waals surface area contributed by atoms with Gasteiger partial charge in [-0.1, -0.05) is 0 Å². The van der Waals surface area contributed by atoms with E-state index in [9.17, 15) is 4.79 Å². The van der Waals surface area contributed by atoms with Gasteiger partial charge in [0, 0.05) is 13.1 Å². The molecule has 0 spiro atoms. The van der Waals surface area contributed by atoms with Crippen molar-refractivity contribution in [2.24, 2.45) is 0 Å². The molecule has 3 nitrogen and oxygen atoms in total. The van der Waals surface area contributed by atoms with Gasteiger partial charge in [-0.15, -0.1) is 0 Å². The molecule has 3 heteroatoms. The van der Waals surface area contributed by atoms with E-state index in [1.807, 2.05) is 14.1 Å². The van der Waals surface area contributed by atoms with E-state index in [-0.39, 0.29) is 0 Å². The molecule has 0 aliphatic carbocycles. The van der Waals surface area contributed by atoms with Crippen LogP contribution in [0.4, 0.5) is 0 Å². The Morgan fingerprint density at radius 2 is 1.50 bits per heavy atom. The van der Waals surface area contributed by atoms with Crippen molar-refractivity contribution in [1.82, 2.24) is 9.80 Å². The van der Waals surface area contributed by atoms with Crippen molar-refractivity contribution in [3.8, 4) is 0 Å². The average Bonchev–Trinajstić information content (AvgIpc) is 1.93. The molecular formula is C7H14N2O. The van der Waals surface area contributed by atoms with Gasteiger partial charge < -0.3 is 0 Å². The van der Waals surface area contributed by atoms with Crippen molar-refractivity contribution in [2.45, 2.75) is 0 Å². The smallest absolute Gasteiger partial charge is 0.160 e. The molecule has 1 saturated heterocycles. The summed E-state index contributed by atoms with van der Waals surface area (Å²) in [5.74, 6) is 0.322. The van der Waals surface area contributed by atoms with E-state index < -0.39 is 0 Å². The summed E-state index contributed by atoms with van der Waals surface area (Å²) in [4.78, 5) is 15.1. The number of nitrogens with zero attached hydrogens (tertiary/aromatic N) is 2. The van der Waals surface area contributed by atoms with Crippen LogP contribution in [-0.4, -0.2) is 55.9 Å². The van der Waals surface area contributed by atoms with E-state index in [4.69, 9.17) is 0 Å². The minimum Gasteiger partial charge on any atom is -0.298 e. The Morgan fingerprint density at radius 3 is 1.90 bits per heavy atom. The molecule has 1 heterocycles. The van der Waals surface area contributed by atoms with Crippen LogP contribution in [0.25, 0.3) is 0 Å². The highest BCUT2D eigenvalue weighted by atomic mass is 16.1. The van der Waals surface area contributed by atoms with Crippen LogP contribution in [0.5, 0.6) is 0 Å². The highest BCUT2D eigenvalue weighted by Crippen LogP contribution is 1.94. The van der Waals surface area contributed by atoms with Crippen molar-refractivity contribution in [3.63, 3.8) is 0 Å². The number of hydrogen-bond acceptors (Lipinski definition) is 3. The van der Waals surface area contributed by atoms with Gasteiger partial charge in [0.25, 0.3) is 0 Å². The van der Waals surface area contributed by atoms with E-state index in [0.29, 0.717) is 18.9 Å². The molecule has 10 heavy (non-hydrogen) atoms. The normalized spacial score (nSPS) is 24.8. The van der Waals surface area contributed by atoms with Crippen LogP contribution in [0, 0.1) is 0 Å². The van der Waals surface area contributed by atoms with Crippen LogP contribution in [-0.2, 0) is 4.79 Å². The first kappa shape index (κ1) is 7.69. The third-order valence-corrected chi connectivity index (χ3v) is 1.76. The van der Waals surface area contributed by atoms with E-state index in [1.54, 1.807) is 0 Å². The zero-order valence-corrected chi connectivity index (χ0v) is 6.63. The second-order valence-corrected chi connectivity index (χ2v) is 3.01. The molecule has 1 fully saturated rings. The molecule has 1 aliphatic heterocycles. The SMILES string of the molecule is CN1CCN(C)CC(=O)C1. The molecular weight excluding hydrogens is 128 g/mol. The molecule has 1 rings (SSSR count). The van der Waals surface area contributed by atoms with Gasteiger partial charge in [0.2, 0.25) is 0 Å². The lowest BCUT2D eigenvalue weighted by molar-refractivity contribution is -0.119. The van der Waals surface area contributed by atoms with Crippen LogP contribution in [0.15, 0.2) is 0 Å². The summed E-state index contributed by atoms with van der Waals surface area (Å²) in [5.41, 5.74) is 0. The maximum Gasteiger partial charge on any atom is 0.160 e.